The maximum Gasteiger partial charge on any atom is 0.341 e. The molecule has 5 unspecified atom stereocenters. The number of carboxylic acids is 1. The van der Waals surface area contributed by atoms with Gasteiger partial charge in [-0.2, -0.15) is 0 Å². The Morgan fingerprint density at radius 3 is 2.71 bits per heavy atom. The Kier molecular flexibility index (Phi) is 4.67. The van der Waals surface area contributed by atoms with E-state index in [9.17, 15) is 19.1 Å². The van der Waals surface area contributed by atoms with Crippen LogP contribution in [0, 0.1) is 11.7 Å². The van der Waals surface area contributed by atoms with Crippen LogP contribution in [-0.2, 0) is 4.74 Å². The number of pyridine rings is 1. The number of ether oxygens (including phenoxy) is 2. The smallest absolute Gasteiger partial charge is 0.341 e. The lowest BCUT2D eigenvalue weighted by atomic mass is 10.00. The Labute approximate surface area is 176 Å². The van der Waals surface area contributed by atoms with Crippen LogP contribution in [0.4, 0.5) is 14.5 Å². The molecule has 1 aliphatic carbocycles. The van der Waals surface area contributed by atoms with E-state index < -0.39 is 35.0 Å². The van der Waals surface area contributed by atoms with Gasteiger partial charge in [0.1, 0.15) is 17.4 Å². The minimum Gasteiger partial charge on any atom is -0.492 e. The molecule has 10 heteroatoms. The van der Waals surface area contributed by atoms with Gasteiger partial charge in [-0.1, -0.05) is 0 Å². The van der Waals surface area contributed by atoms with Gasteiger partial charge in [-0.25, -0.2) is 13.6 Å². The predicted molar refractivity (Wildman–Crippen MR) is 109 cm³/mol. The average molecular weight is 435 g/mol. The Balaban J connectivity index is 1.78. The fraction of sp³-hybridized carbons (Fsp3) is 0.524. The van der Waals surface area contributed by atoms with Gasteiger partial charge in [0.2, 0.25) is 5.43 Å². The summed E-state index contributed by atoms with van der Waals surface area (Å²) in [5.74, 6) is -1.86. The third-order valence-corrected chi connectivity index (χ3v) is 6.73. The molecule has 166 valence electrons. The molecule has 3 fully saturated rings. The van der Waals surface area contributed by atoms with E-state index in [1.807, 2.05) is 11.9 Å². The van der Waals surface area contributed by atoms with Gasteiger partial charge in [0.15, 0.2) is 11.6 Å². The quantitative estimate of drug-likeness (QED) is 0.736. The highest BCUT2D eigenvalue weighted by Gasteiger charge is 2.47. The van der Waals surface area contributed by atoms with E-state index in [4.69, 9.17) is 9.47 Å². The molecule has 5 atom stereocenters. The lowest BCUT2D eigenvalue weighted by Crippen LogP contribution is -2.35. The number of hydrogen-bond donors (Lipinski definition) is 2. The third-order valence-electron chi connectivity index (χ3n) is 6.73. The molecule has 2 aliphatic heterocycles. The lowest BCUT2D eigenvalue weighted by molar-refractivity contribution is 0.0694. The van der Waals surface area contributed by atoms with Crippen molar-refractivity contribution in [3.05, 3.63) is 33.9 Å². The summed E-state index contributed by atoms with van der Waals surface area (Å²) < 4.78 is 42.2. The van der Waals surface area contributed by atoms with E-state index in [-0.39, 0.29) is 46.8 Å². The summed E-state index contributed by atoms with van der Waals surface area (Å²) in [5.41, 5.74) is -0.959. The molecule has 3 heterocycles. The molecule has 2 aromatic rings. The van der Waals surface area contributed by atoms with E-state index in [1.165, 1.54) is 11.7 Å². The maximum absolute atomic E-state index is 15.5. The maximum atomic E-state index is 15.5. The van der Waals surface area contributed by atoms with Crippen LogP contribution in [0.1, 0.15) is 22.8 Å². The molecule has 2 N–H and O–H groups in total. The van der Waals surface area contributed by atoms with Crippen molar-refractivity contribution in [3.8, 4) is 5.75 Å². The van der Waals surface area contributed by atoms with Crippen LogP contribution in [0.2, 0.25) is 0 Å². The van der Waals surface area contributed by atoms with Crippen molar-refractivity contribution in [2.24, 2.45) is 5.92 Å². The molecular formula is C21H23F2N3O5. The summed E-state index contributed by atoms with van der Waals surface area (Å²) in [6.07, 6.45) is 0.166. The molecule has 0 spiro atoms. The number of nitrogens with zero attached hydrogens (tertiary/aromatic N) is 2. The van der Waals surface area contributed by atoms with Crippen molar-refractivity contribution in [3.63, 3.8) is 0 Å². The van der Waals surface area contributed by atoms with Crippen LogP contribution in [0.15, 0.2) is 17.1 Å². The Morgan fingerprint density at radius 2 is 2.10 bits per heavy atom. The number of alkyl halides is 1. The first-order valence-corrected chi connectivity index (χ1v) is 10.2. The number of rotatable bonds is 5. The number of carbonyl (C=O) groups is 1. The van der Waals surface area contributed by atoms with Gasteiger partial charge in [-0.3, -0.25) is 4.79 Å². The summed E-state index contributed by atoms with van der Waals surface area (Å²) in [6, 6.07) is 0.430. The van der Waals surface area contributed by atoms with Crippen LogP contribution >= 0.6 is 0 Å². The summed E-state index contributed by atoms with van der Waals surface area (Å²) in [7, 11) is 3.21. The number of methoxy groups -OCH3 is 1. The monoisotopic (exact) mass is 435 g/mol. The highest BCUT2D eigenvalue weighted by molar-refractivity contribution is 5.97. The summed E-state index contributed by atoms with van der Waals surface area (Å²) in [5, 5.41) is 12.5. The zero-order valence-electron chi connectivity index (χ0n) is 17.1. The molecule has 3 aliphatic rings. The van der Waals surface area contributed by atoms with E-state index in [2.05, 4.69) is 5.32 Å². The second-order valence-electron chi connectivity index (χ2n) is 8.36. The number of aromatic nitrogens is 1. The minimum atomic E-state index is -1.44. The Hall–Kier alpha value is -2.72. The topological polar surface area (TPSA) is 93.0 Å². The number of halogens is 2. The van der Waals surface area contributed by atoms with Crippen molar-refractivity contribution in [2.45, 2.75) is 30.7 Å². The van der Waals surface area contributed by atoms with Crippen molar-refractivity contribution in [2.75, 3.05) is 38.8 Å². The first-order chi connectivity index (χ1) is 14.9. The van der Waals surface area contributed by atoms with Gasteiger partial charge >= 0.3 is 5.97 Å². The minimum absolute atomic E-state index is 0.0772. The number of likely N-dealkylation sites (N-methyl/N-ethyl adjacent to an activating group) is 1. The molecule has 0 radical (unpaired) electrons. The number of anilines is 1. The molecule has 1 aromatic heterocycles. The second kappa shape index (κ2) is 7.16. The SMILES string of the molecule is CNC1CN(c2c(F)cc3c(=O)c(C(=O)O)cn(C4CC4F)c3c2OC)C2COCC12. The third kappa shape index (κ3) is 2.92. The summed E-state index contributed by atoms with van der Waals surface area (Å²) >= 11 is 0. The van der Waals surface area contributed by atoms with E-state index in [0.717, 1.165) is 12.3 Å². The number of hydrogen-bond acceptors (Lipinski definition) is 6. The first kappa shape index (κ1) is 20.2. The molecule has 2 saturated heterocycles. The molecule has 5 rings (SSSR count). The number of fused-ring (bicyclic) bond motifs is 2. The fourth-order valence-electron chi connectivity index (χ4n) is 5.07. The van der Waals surface area contributed by atoms with E-state index in [0.29, 0.717) is 19.8 Å². The van der Waals surface area contributed by atoms with Gasteiger partial charge in [0.05, 0.1) is 43.3 Å². The second-order valence-corrected chi connectivity index (χ2v) is 8.36. The first-order valence-electron chi connectivity index (χ1n) is 10.2. The zero-order valence-corrected chi connectivity index (χ0v) is 17.1. The molecular weight excluding hydrogens is 412 g/mol. The van der Waals surface area contributed by atoms with Crippen molar-refractivity contribution < 1.29 is 28.2 Å². The lowest BCUT2D eigenvalue weighted by Gasteiger charge is -2.28. The van der Waals surface area contributed by atoms with Crippen molar-refractivity contribution in [1.82, 2.24) is 9.88 Å². The van der Waals surface area contributed by atoms with Crippen LogP contribution in [0.3, 0.4) is 0 Å². The highest BCUT2D eigenvalue weighted by Crippen LogP contribution is 2.47. The van der Waals surface area contributed by atoms with E-state index in [1.54, 1.807) is 0 Å². The standard InChI is InChI=1S/C21H23F2N3O5/c1-24-14-6-26(16-8-31-7-11(14)16)18-13(23)3-9-17(20(18)30-2)25(15-4-12(15)22)5-10(19(9)27)21(28)29/h3,5,11-12,14-16,24H,4,6-8H2,1-2H3,(H,28,29). The molecule has 0 bridgehead atoms. The Morgan fingerprint density at radius 1 is 1.35 bits per heavy atom. The predicted octanol–water partition coefficient (Wildman–Crippen LogP) is 1.55. The molecule has 1 saturated carbocycles. The normalized spacial score (nSPS) is 29.4. The molecule has 1 aromatic carbocycles. The number of nitrogens with one attached hydrogen (secondary N) is 1. The molecule has 8 nitrogen and oxygen atoms in total. The molecule has 31 heavy (non-hydrogen) atoms. The largest absolute Gasteiger partial charge is 0.492 e. The van der Waals surface area contributed by atoms with Gasteiger partial charge in [0.25, 0.3) is 0 Å². The fourth-order valence-corrected chi connectivity index (χ4v) is 5.07. The average Bonchev–Trinajstić information content (AvgIpc) is 3.13. The number of aromatic carboxylic acids is 1. The van der Waals surface area contributed by atoms with Gasteiger partial charge in [-0.05, 0) is 13.1 Å². The summed E-state index contributed by atoms with van der Waals surface area (Å²) in [4.78, 5) is 26.3. The summed E-state index contributed by atoms with van der Waals surface area (Å²) in [6.45, 7) is 1.51. The zero-order chi connectivity index (χ0) is 22.0. The van der Waals surface area contributed by atoms with E-state index >= 15 is 4.39 Å². The van der Waals surface area contributed by atoms with Crippen LogP contribution in [-0.4, -0.2) is 67.8 Å². The number of benzene rings is 1. The van der Waals surface area contributed by atoms with Crippen LogP contribution in [0.5, 0.6) is 5.75 Å². The Bertz CT molecular complexity index is 1140. The highest BCUT2D eigenvalue weighted by atomic mass is 19.1. The van der Waals surface area contributed by atoms with Crippen LogP contribution < -0.4 is 20.4 Å². The van der Waals surface area contributed by atoms with Gasteiger partial charge in [0, 0.05) is 31.1 Å². The van der Waals surface area contributed by atoms with Crippen LogP contribution in [0.25, 0.3) is 10.9 Å². The van der Waals surface area contributed by atoms with Crippen molar-refractivity contribution >= 4 is 22.6 Å². The number of carboxylic acid groups (broad SMARTS) is 1. The van der Waals surface area contributed by atoms with Crippen molar-refractivity contribution in [1.29, 1.82) is 0 Å². The molecule has 0 amide bonds. The van der Waals surface area contributed by atoms with Gasteiger partial charge < -0.3 is 29.4 Å². The van der Waals surface area contributed by atoms with Gasteiger partial charge in [-0.15, -0.1) is 0 Å².